The van der Waals surface area contributed by atoms with Gasteiger partial charge in [-0.15, -0.1) is 24.0 Å². The van der Waals surface area contributed by atoms with Crippen LogP contribution >= 0.6 is 35.7 Å². The van der Waals surface area contributed by atoms with Crippen molar-refractivity contribution < 1.29 is 4.39 Å². The molecule has 1 aromatic heterocycles. The van der Waals surface area contributed by atoms with Crippen LogP contribution in [-0.2, 0) is 13.5 Å². The maximum atomic E-state index is 13.3. The number of nitrogens with two attached hydrogens (primary N) is 1. The van der Waals surface area contributed by atoms with E-state index in [4.69, 9.17) is 5.73 Å². The van der Waals surface area contributed by atoms with Crippen LogP contribution in [0.4, 0.5) is 4.39 Å². The molecule has 0 bridgehead atoms. The molecular formula is C16H22FIN4S. The zero-order valence-electron chi connectivity index (χ0n) is 13.2. The molecule has 2 aromatic rings. The highest BCUT2D eigenvalue weighted by atomic mass is 127. The number of hydrogen-bond acceptors (Lipinski definition) is 2. The number of benzene rings is 1. The zero-order chi connectivity index (χ0) is 15.5. The summed E-state index contributed by atoms with van der Waals surface area (Å²) in [6, 6.07) is 4.92. The Labute approximate surface area is 157 Å². The minimum Gasteiger partial charge on any atom is -0.370 e. The van der Waals surface area contributed by atoms with E-state index in [1.165, 1.54) is 11.6 Å². The van der Waals surface area contributed by atoms with Gasteiger partial charge in [0, 0.05) is 49.8 Å². The smallest absolute Gasteiger partial charge is 0.191 e. The van der Waals surface area contributed by atoms with Gasteiger partial charge in [0.25, 0.3) is 0 Å². The van der Waals surface area contributed by atoms with Gasteiger partial charge in [-0.1, -0.05) is 0 Å². The van der Waals surface area contributed by atoms with Crippen molar-refractivity contribution in [3.8, 4) is 0 Å². The molecule has 1 aromatic carbocycles. The first kappa shape index (κ1) is 18.4. The molecule has 0 atom stereocenters. The summed E-state index contributed by atoms with van der Waals surface area (Å²) in [5, 5.41) is 1.09. The Morgan fingerprint density at radius 1 is 1.35 bits per heavy atom. The molecule has 0 aliphatic carbocycles. The average Bonchev–Trinajstić information content (AvgIpc) is 2.84. The summed E-state index contributed by atoms with van der Waals surface area (Å²) < 4.78 is 15.3. The molecule has 1 aliphatic rings. The minimum atomic E-state index is -0.203. The van der Waals surface area contributed by atoms with Crippen LogP contribution in [0.25, 0.3) is 10.9 Å². The summed E-state index contributed by atoms with van der Waals surface area (Å²) >= 11 is 1.96. The van der Waals surface area contributed by atoms with Crippen molar-refractivity contribution in [1.82, 2.24) is 9.47 Å². The third-order valence-corrected chi connectivity index (χ3v) is 4.97. The van der Waals surface area contributed by atoms with Crippen molar-refractivity contribution in [3.63, 3.8) is 0 Å². The molecule has 2 heterocycles. The summed E-state index contributed by atoms with van der Waals surface area (Å²) in [4.78, 5) is 6.65. The Bertz CT molecular complexity index is 695. The van der Waals surface area contributed by atoms with Crippen LogP contribution in [0.15, 0.2) is 29.4 Å². The van der Waals surface area contributed by atoms with Gasteiger partial charge in [-0.3, -0.25) is 4.99 Å². The fraction of sp³-hybridized carbons (Fsp3) is 0.438. The second kappa shape index (κ2) is 8.23. The topological polar surface area (TPSA) is 46.6 Å². The highest BCUT2D eigenvalue weighted by molar-refractivity contribution is 14.0. The van der Waals surface area contributed by atoms with Crippen LogP contribution < -0.4 is 5.73 Å². The lowest BCUT2D eigenvalue weighted by Crippen LogP contribution is -2.42. The van der Waals surface area contributed by atoms with Gasteiger partial charge >= 0.3 is 0 Å². The number of halogens is 2. The first-order valence-corrected chi connectivity index (χ1v) is 8.66. The predicted molar refractivity (Wildman–Crippen MR) is 107 cm³/mol. The maximum absolute atomic E-state index is 13.3. The molecule has 3 rings (SSSR count). The summed E-state index contributed by atoms with van der Waals surface area (Å²) in [6.45, 7) is 2.62. The Hall–Kier alpha value is -0.960. The monoisotopic (exact) mass is 448 g/mol. The van der Waals surface area contributed by atoms with Crippen molar-refractivity contribution in [1.29, 1.82) is 0 Å². The number of aromatic nitrogens is 1. The van der Waals surface area contributed by atoms with E-state index in [1.807, 2.05) is 35.6 Å². The SMILES string of the molecule is Cn1cc(CCN=C(N)N2CCSCC2)c2ccc(F)cc21.I. The third-order valence-electron chi connectivity index (χ3n) is 4.03. The normalized spacial score (nSPS) is 15.7. The number of guanidine groups is 1. The average molecular weight is 448 g/mol. The lowest BCUT2D eigenvalue weighted by molar-refractivity contribution is 0.456. The minimum absolute atomic E-state index is 0. The molecule has 0 radical (unpaired) electrons. The largest absolute Gasteiger partial charge is 0.370 e. The van der Waals surface area contributed by atoms with Crippen LogP contribution in [0.2, 0.25) is 0 Å². The van der Waals surface area contributed by atoms with Crippen molar-refractivity contribution in [2.24, 2.45) is 17.8 Å². The van der Waals surface area contributed by atoms with Crippen molar-refractivity contribution in [3.05, 3.63) is 35.8 Å². The number of thioether (sulfide) groups is 1. The second-order valence-corrected chi connectivity index (χ2v) is 6.74. The van der Waals surface area contributed by atoms with E-state index in [0.717, 1.165) is 41.9 Å². The van der Waals surface area contributed by atoms with Crippen molar-refractivity contribution in [2.75, 3.05) is 31.1 Å². The molecule has 0 amide bonds. The van der Waals surface area contributed by atoms with Gasteiger partial charge in [-0.2, -0.15) is 11.8 Å². The van der Waals surface area contributed by atoms with E-state index in [2.05, 4.69) is 9.89 Å². The standard InChI is InChI=1S/C16H21FN4S.HI/c1-20-11-12(14-3-2-13(17)10-15(14)20)4-5-19-16(18)21-6-8-22-9-7-21;/h2-3,10-11H,4-9H2,1H3,(H2,18,19);1H. The van der Waals surface area contributed by atoms with E-state index in [1.54, 1.807) is 6.07 Å². The maximum Gasteiger partial charge on any atom is 0.191 e. The van der Waals surface area contributed by atoms with Gasteiger partial charge < -0.3 is 15.2 Å². The lowest BCUT2D eigenvalue weighted by Gasteiger charge is -2.27. The van der Waals surface area contributed by atoms with Gasteiger partial charge in [-0.05, 0) is 30.2 Å². The molecule has 2 N–H and O–H groups in total. The summed E-state index contributed by atoms with van der Waals surface area (Å²) in [5.41, 5.74) is 8.16. The Balaban J connectivity index is 0.00000192. The number of aryl methyl sites for hydroxylation is 1. The second-order valence-electron chi connectivity index (χ2n) is 5.52. The van der Waals surface area contributed by atoms with Gasteiger partial charge in [0.15, 0.2) is 5.96 Å². The van der Waals surface area contributed by atoms with Crippen molar-refractivity contribution in [2.45, 2.75) is 6.42 Å². The van der Waals surface area contributed by atoms with E-state index in [0.29, 0.717) is 12.5 Å². The van der Waals surface area contributed by atoms with Gasteiger partial charge in [0.05, 0.1) is 5.52 Å². The molecule has 0 spiro atoms. The summed E-state index contributed by atoms with van der Waals surface area (Å²) in [5.74, 6) is 2.67. The molecule has 7 heteroatoms. The van der Waals surface area contributed by atoms with Crippen LogP contribution in [0, 0.1) is 5.82 Å². The molecule has 4 nitrogen and oxygen atoms in total. The van der Waals surface area contributed by atoms with E-state index in [9.17, 15) is 4.39 Å². The highest BCUT2D eigenvalue weighted by Gasteiger charge is 2.12. The van der Waals surface area contributed by atoms with Crippen LogP contribution in [0.5, 0.6) is 0 Å². The molecule has 0 saturated carbocycles. The van der Waals surface area contributed by atoms with Gasteiger partial charge in [0.2, 0.25) is 0 Å². The van der Waals surface area contributed by atoms with Crippen LogP contribution in [0.3, 0.4) is 0 Å². The van der Waals surface area contributed by atoms with Gasteiger partial charge in [0.1, 0.15) is 5.82 Å². The predicted octanol–water partition coefficient (Wildman–Crippen LogP) is 2.84. The lowest BCUT2D eigenvalue weighted by atomic mass is 10.1. The number of hydrogen-bond donors (Lipinski definition) is 1. The Morgan fingerprint density at radius 2 is 2.09 bits per heavy atom. The third kappa shape index (κ3) is 4.32. The molecule has 0 unspecified atom stereocenters. The van der Waals surface area contributed by atoms with Crippen molar-refractivity contribution >= 4 is 52.6 Å². The fourth-order valence-electron chi connectivity index (χ4n) is 2.82. The fourth-order valence-corrected chi connectivity index (χ4v) is 3.73. The number of rotatable bonds is 3. The molecule has 126 valence electrons. The first-order valence-electron chi connectivity index (χ1n) is 7.51. The number of aliphatic imine (C=N–C) groups is 1. The molecule has 1 saturated heterocycles. The summed E-state index contributed by atoms with van der Waals surface area (Å²) in [6.07, 6.45) is 2.86. The zero-order valence-corrected chi connectivity index (χ0v) is 16.3. The number of nitrogens with zero attached hydrogens (tertiary/aromatic N) is 3. The van der Waals surface area contributed by atoms with E-state index < -0.39 is 0 Å². The quantitative estimate of drug-likeness (QED) is 0.447. The Morgan fingerprint density at radius 3 is 2.83 bits per heavy atom. The van der Waals surface area contributed by atoms with Gasteiger partial charge in [-0.25, -0.2) is 4.39 Å². The van der Waals surface area contributed by atoms with Crippen LogP contribution in [-0.4, -0.2) is 46.6 Å². The molecule has 23 heavy (non-hydrogen) atoms. The van der Waals surface area contributed by atoms with Crippen LogP contribution in [0.1, 0.15) is 5.56 Å². The summed E-state index contributed by atoms with van der Waals surface area (Å²) in [7, 11) is 1.94. The molecular weight excluding hydrogens is 426 g/mol. The first-order chi connectivity index (χ1) is 10.6. The number of fused-ring (bicyclic) bond motifs is 1. The Kier molecular flexibility index (Phi) is 6.58. The highest BCUT2D eigenvalue weighted by Crippen LogP contribution is 2.22. The van der Waals surface area contributed by atoms with E-state index >= 15 is 0 Å². The molecule has 1 aliphatic heterocycles. The molecule has 1 fully saturated rings. The van der Waals surface area contributed by atoms with E-state index in [-0.39, 0.29) is 29.8 Å².